The Hall–Kier alpha value is -2.96. The van der Waals surface area contributed by atoms with Crippen LogP contribution in [0.3, 0.4) is 0 Å². The Morgan fingerprint density at radius 2 is 2.04 bits per heavy atom. The molecule has 0 bridgehead atoms. The quantitative estimate of drug-likeness (QED) is 0.886. The van der Waals surface area contributed by atoms with E-state index in [4.69, 9.17) is 4.74 Å². The number of carboxylic acids is 1. The van der Waals surface area contributed by atoms with E-state index in [1.807, 2.05) is 13.8 Å². The largest absolute Gasteiger partial charge is 0.478 e. The third kappa shape index (κ3) is 3.05. The van der Waals surface area contributed by atoms with Crippen LogP contribution in [0.4, 0.5) is 10.2 Å². The number of ether oxygens (including phenoxy) is 1. The van der Waals surface area contributed by atoms with Crippen LogP contribution in [0.1, 0.15) is 37.8 Å². The molecule has 0 saturated heterocycles. The van der Waals surface area contributed by atoms with Gasteiger partial charge in [-0.3, -0.25) is 0 Å². The monoisotopic (exact) mass is 343 g/mol. The Bertz CT molecular complexity index is 864. The summed E-state index contributed by atoms with van der Waals surface area (Å²) >= 11 is 0. The molecule has 2 aromatic rings. The van der Waals surface area contributed by atoms with Gasteiger partial charge in [0, 0.05) is 11.3 Å². The van der Waals surface area contributed by atoms with Gasteiger partial charge in [-0.2, -0.15) is 0 Å². The van der Waals surface area contributed by atoms with Crippen molar-refractivity contribution < 1.29 is 19.0 Å². The molecular weight excluding hydrogens is 325 g/mol. The Morgan fingerprint density at radius 1 is 1.32 bits per heavy atom. The Balaban J connectivity index is 2.29. The van der Waals surface area contributed by atoms with Gasteiger partial charge in [0.15, 0.2) is 0 Å². The zero-order valence-corrected chi connectivity index (χ0v) is 14.1. The van der Waals surface area contributed by atoms with Gasteiger partial charge in [-0.15, -0.1) is 0 Å². The number of anilines is 1. The van der Waals surface area contributed by atoms with Crippen molar-refractivity contribution in [2.45, 2.75) is 32.8 Å². The van der Waals surface area contributed by atoms with E-state index in [0.717, 1.165) is 0 Å². The third-order valence-corrected chi connectivity index (χ3v) is 3.93. The topological polar surface area (TPSA) is 84.3 Å². The van der Waals surface area contributed by atoms with Gasteiger partial charge < -0.3 is 15.2 Å². The number of aromatic nitrogens is 2. The lowest BCUT2D eigenvalue weighted by molar-refractivity contribution is -0.133. The van der Waals surface area contributed by atoms with Crippen molar-refractivity contribution in [1.82, 2.24) is 9.97 Å². The average Bonchev–Trinajstić information content (AvgIpc) is 2.53. The number of nitrogens with zero attached hydrogens (tertiary/aromatic N) is 2. The van der Waals surface area contributed by atoms with Crippen molar-refractivity contribution >= 4 is 11.8 Å². The molecule has 1 aliphatic rings. The molecule has 2 heterocycles. The van der Waals surface area contributed by atoms with Crippen LogP contribution in [-0.4, -0.2) is 27.1 Å². The van der Waals surface area contributed by atoms with Crippen molar-refractivity contribution in [3.05, 3.63) is 58.8 Å². The van der Waals surface area contributed by atoms with Crippen LogP contribution in [0.2, 0.25) is 0 Å². The lowest BCUT2D eigenvalue weighted by Crippen LogP contribution is -2.25. The molecule has 0 spiro atoms. The first-order chi connectivity index (χ1) is 11.9. The van der Waals surface area contributed by atoms with E-state index in [2.05, 4.69) is 15.3 Å². The van der Waals surface area contributed by atoms with Crippen LogP contribution in [0.15, 0.2) is 41.9 Å². The fourth-order valence-corrected chi connectivity index (χ4v) is 2.97. The minimum absolute atomic E-state index is 0.0426. The summed E-state index contributed by atoms with van der Waals surface area (Å²) in [6.45, 7) is 5.30. The second-order valence-electron chi connectivity index (χ2n) is 6.03. The maximum Gasteiger partial charge on any atom is 0.334 e. The van der Waals surface area contributed by atoms with Gasteiger partial charge in [-0.25, -0.2) is 19.2 Å². The number of hydrogen-bond acceptors (Lipinski definition) is 5. The first-order valence-electron chi connectivity index (χ1n) is 7.87. The van der Waals surface area contributed by atoms with Crippen LogP contribution in [0.5, 0.6) is 5.88 Å². The van der Waals surface area contributed by atoms with Crippen LogP contribution < -0.4 is 10.1 Å². The van der Waals surface area contributed by atoms with E-state index < -0.39 is 17.7 Å². The van der Waals surface area contributed by atoms with E-state index >= 15 is 0 Å². The number of allylic oxidation sites excluding steroid dienone is 1. The standard InChI is InChI=1S/C18H18FN3O3/c1-9(2)25-17-15-14(11-6-4-5-7-12(11)19)13(18(23)24)10(3)22-16(15)20-8-21-17/h4-9,14H,1-3H3,(H,23,24)(H,20,21,22). The molecule has 0 amide bonds. The van der Waals surface area contributed by atoms with Crippen LogP contribution in [-0.2, 0) is 4.79 Å². The maximum atomic E-state index is 14.5. The molecule has 1 unspecified atom stereocenters. The summed E-state index contributed by atoms with van der Waals surface area (Å²) in [5, 5.41) is 12.7. The molecule has 130 valence electrons. The zero-order chi connectivity index (χ0) is 18.1. The fourth-order valence-electron chi connectivity index (χ4n) is 2.97. The minimum Gasteiger partial charge on any atom is -0.478 e. The molecule has 1 atom stereocenters. The summed E-state index contributed by atoms with van der Waals surface area (Å²) in [5.41, 5.74) is 1.11. The number of carbonyl (C=O) groups is 1. The van der Waals surface area contributed by atoms with Gasteiger partial charge >= 0.3 is 5.97 Å². The number of rotatable bonds is 4. The molecule has 0 aliphatic carbocycles. The lowest BCUT2D eigenvalue weighted by atomic mass is 9.82. The number of carboxylic acid groups (broad SMARTS) is 1. The summed E-state index contributed by atoms with van der Waals surface area (Å²) in [4.78, 5) is 20.2. The van der Waals surface area contributed by atoms with E-state index in [9.17, 15) is 14.3 Å². The van der Waals surface area contributed by atoms with E-state index in [1.54, 1.807) is 25.1 Å². The first-order valence-corrected chi connectivity index (χ1v) is 7.87. The highest BCUT2D eigenvalue weighted by Gasteiger charge is 2.37. The Labute approximate surface area is 144 Å². The van der Waals surface area contributed by atoms with Crippen LogP contribution >= 0.6 is 0 Å². The summed E-state index contributed by atoms with van der Waals surface area (Å²) in [6, 6.07) is 6.10. The van der Waals surface area contributed by atoms with Crippen molar-refractivity contribution in [1.29, 1.82) is 0 Å². The van der Waals surface area contributed by atoms with E-state index in [0.29, 0.717) is 17.1 Å². The predicted octanol–water partition coefficient (Wildman–Crippen LogP) is 3.32. The molecule has 1 aromatic heterocycles. The van der Waals surface area contributed by atoms with Gasteiger partial charge in [0.25, 0.3) is 0 Å². The predicted molar refractivity (Wildman–Crippen MR) is 90.0 cm³/mol. The normalized spacial score (nSPS) is 16.4. The molecule has 6 nitrogen and oxygen atoms in total. The van der Waals surface area contributed by atoms with Gasteiger partial charge in [0.05, 0.1) is 23.2 Å². The molecule has 1 aromatic carbocycles. The van der Waals surface area contributed by atoms with E-state index in [1.165, 1.54) is 12.4 Å². The average molecular weight is 343 g/mol. The molecular formula is C18H18FN3O3. The van der Waals surface area contributed by atoms with Crippen molar-refractivity contribution in [3.8, 4) is 5.88 Å². The molecule has 2 N–H and O–H groups in total. The maximum absolute atomic E-state index is 14.5. The van der Waals surface area contributed by atoms with Gasteiger partial charge in [0.2, 0.25) is 5.88 Å². The summed E-state index contributed by atoms with van der Waals surface area (Å²) in [7, 11) is 0. The molecule has 0 radical (unpaired) electrons. The third-order valence-electron chi connectivity index (χ3n) is 3.93. The van der Waals surface area contributed by atoms with Gasteiger partial charge in [-0.1, -0.05) is 18.2 Å². The van der Waals surface area contributed by atoms with Crippen molar-refractivity contribution in [2.75, 3.05) is 5.32 Å². The Morgan fingerprint density at radius 3 is 2.68 bits per heavy atom. The molecule has 0 saturated carbocycles. The Kier molecular flexibility index (Phi) is 4.39. The second kappa shape index (κ2) is 6.51. The first kappa shape index (κ1) is 16.9. The number of fused-ring (bicyclic) bond motifs is 1. The molecule has 1 aliphatic heterocycles. The van der Waals surface area contributed by atoms with Crippen LogP contribution in [0, 0.1) is 5.82 Å². The summed E-state index contributed by atoms with van der Waals surface area (Å²) in [6.07, 6.45) is 1.15. The highest BCUT2D eigenvalue weighted by molar-refractivity contribution is 5.93. The zero-order valence-electron chi connectivity index (χ0n) is 14.1. The van der Waals surface area contributed by atoms with Crippen molar-refractivity contribution in [2.24, 2.45) is 0 Å². The highest BCUT2D eigenvalue weighted by atomic mass is 19.1. The number of halogens is 1. The van der Waals surface area contributed by atoms with Gasteiger partial charge in [-0.05, 0) is 26.8 Å². The van der Waals surface area contributed by atoms with Crippen LogP contribution in [0.25, 0.3) is 0 Å². The lowest BCUT2D eigenvalue weighted by Gasteiger charge is -2.29. The molecule has 25 heavy (non-hydrogen) atoms. The fraction of sp³-hybridized carbons (Fsp3) is 0.278. The van der Waals surface area contributed by atoms with E-state index in [-0.39, 0.29) is 23.1 Å². The second-order valence-corrected chi connectivity index (χ2v) is 6.03. The minimum atomic E-state index is -1.14. The molecule has 3 rings (SSSR count). The number of aliphatic carboxylic acids is 1. The smallest absolute Gasteiger partial charge is 0.334 e. The highest BCUT2D eigenvalue weighted by Crippen LogP contribution is 2.45. The number of hydrogen-bond donors (Lipinski definition) is 2. The molecule has 7 heteroatoms. The van der Waals surface area contributed by atoms with Gasteiger partial charge in [0.1, 0.15) is 18.0 Å². The SMILES string of the molecule is CC1=C(C(=O)O)C(c2ccccc2F)c2c(ncnc2OC(C)C)N1. The summed E-state index contributed by atoms with van der Waals surface area (Å²) < 4.78 is 20.2. The van der Waals surface area contributed by atoms with Crippen molar-refractivity contribution in [3.63, 3.8) is 0 Å². The summed E-state index contributed by atoms with van der Waals surface area (Å²) in [5.74, 6) is -1.84. The molecule has 0 fully saturated rings. The number of benzene rings is 1. The number of nitrogens with one attached hydrogen (secondary N) is 1.